The number of hydrazone groups is 1. The number of nitrogens with two attached hydrogens (primary N) is 1. The highest BCUT2D eigenvalue weighted by atomic mass is 16.5. The van der Waals surface area contributed by atoms with Gasteiger partial charge in [-0.2, -0.15) is 5.10 Å². The molecular formula is C41H47N5O3. The molecule has 1 saturated heterocycles. The van der Waals surface area contributed by atoms with E-state index in [1.165, 1.54) is 16.7 Å². The van der Waals surface area contributed by atoms with E-state index in [1.807, 2.05) is 48.5 Å². The van der Waals surface area contributed by atoms with Gasteiger partial charge in [0, 0.05) is 12.3 Å². The Morgan fingerprint density at radius 1 is 0.837 bits per heavy atom. The van der Waals surface area contributed by atoms with Crippen molar-refractivity contribution >= 4 is 12.3 Å². The zero-order valence-electron chi connectivity index (χ0n) is 28.6. The summed E-state index contributed by atoms with van der Waals surface area (Å²) in [6.07, 6.45) is 7.07. The molecule has 1 aliphatic carbocycles. The molecular weight excluding hydrogens is 610 g/mol. The summed E-state index contributed by atoms with van der Waals surface area (Å²) in [5.74, 6) is 0. The summed E-state index contributed by atoms with van der Waals surface area (Å²) in [7, 11) is 0. The van der Waals surface area contributed by atoms with Crippen LogP contribution in [0.5, 0.6) is 0 Å². The Hall–Kier alpha value is -4.41. The minimum absolute atomic E-state index is 0.101. The van der Waals surface area contributed by atoms with Gasteiger partial charge in [0.1, 0.15) is 18.7 Å². The first-order valence-electron chi connectivity index (χ1n) is 16.9. The van der Waals surface area contributed by atoms with Gasteiger partial charge in [-0.15, -0.1) is 0 Å². The van der Waals surface area contributed by atoms with Crippen LogP contribution in [0, 0.1) is 0 Å². The predicted octanol–water partition coefficient (Wildman–Crippen LogP) is 8.13. The van der Waals surface area contributed by atoms with E-state index in [9.17, 15) is 0 Å². The average molecular weight is 658 g/mol. The van der Waals surface area contributed by atoms with Crippen molar-refractivity contribution in [3.05, 3.63) is 160 Å². The monoisotopic (exact) mass is 657 g/mol. The Bertz CT molecular complexity index is 1760. The maximum absolute atomic E-state index is 6.48. The van der Waals surface area contributed by atoms with Crippen molar-refractivity contribution in [2.45, 2.75) is 77.2 Å². The van der Waals surface area contributed by atoms with E-state index < -0.39 is 12.5 Å². The molecule has 5 N–H and O–H groups in total. The van der Waals surface area contributed by atoms with Gasteiger partial charge in [0.2, 0.25) is 0 Å². The third kappa shape index (κ3) is 8.99. The molecule has 4 atom stereocenters. The highest BCUT2D eigenvalue weighted by molar-refractivity contribution is 5.74. The molecule has 0 bridgehead atoms. The van der Waals surface area contributed by atoms with Crippen LogP contribution in [0.25, 0.3) is 5.57 Å². The van der Waals surface area contributed by atoms with Gasteiger partial charge in [0.25, 0.3) is 0 Å². The van der Waals surface area contributed by atoms with Crippen molar-refractivity contribution < 1.29 is 14.2 Å². The normalized spacial score (nSPS) is 18.9. The van der Waals surface area contributed by atoms with Crippen molar-refractivity contribution in [2.75, 3.05) is 0 Å². The van der Waals surface area contributed by atoms with Crippen LogP contribution in [0.15, 0.2) is 120 Å². The fourth-order valence-electron chi connectivity index (χ4n) is 5.94. The summed E-state index contributed by atoms with van der Waals surface area (Å²) in [4.78, 5) is 0. The largest absolute Gasteiger partial charge is 0.355 e. The number of hydrogen-bond donors (Lipinski definition) is 4. The molecule has 8 nitrogen and oxygen atoms in total. The number of ether oxygens (including phenoxy) is 3. The third-order valence-corrected chi connectivity index (χ3v) is 8.83. The molecule has 2 aliphatic rings. The number of benzene rings is 4. The minimum atomic E-state index is -0.579. The van der Waals surface area contributed by atoms with Gasteiger partial charge in [-0.3, -0.25) is 5.43 Å². The molecule has 4 unspecified atom stereocenters. The number of nitrogens with one attached hydrogen (secondary N) is 3. The first-order chi connectivity index (χ1) is 23.8. The lowest BCUT2D eigenvalue weighted by Gasteiger charge is -2.21. The smallest absolute Gasteiger partial charge is 0.169 e. The first-order valence-corrected chi connectivity index (χ1v) is 16.9. The molecule has 254 valence electrons. The van der Waals surface area contributed by atoms with Crippen LogP contribution < -0.4 is 22.0 Å². The summed E-state index contributed by atoms with van der Waals surface area (Å²) in [6.45, 7) is 11.1. The van der Waals surface area contributed by atoms with Gasteiger partial charge in [0.15, 0.2) is 6.23 Å². The summed E-state index contributed by atoms with van der Waals surface area (Å²) in [5.41, 5.74) is 25.7. The Morgan fingerprint density at radius 3 is 2.06 bits per heavy atom. The van der Waals surface area contributed by atoms with E-state index in [0.29, 0.717) is 13.2 Å². The van der Waals surface area contributed by atoms with Crippen LogP contribution in [0.1, 0.15) is 103 Å². The van der Waals surface area contributed by atoms with Crippen molar-refractivity contribution in [1.29, 1.82) is 0 Å². The Kier molecular flexibility index (Phi) is 11.2. The van der Waals surface area contributed by atoms with Gasteiger partial charge in [-0.1, -0.05) is 124 Å². The van der Waals surface area contributed by atoms with Crippen LogP contribution in [0.2, 0.25) is 0 Å². The molecule has 0 saturated carbocycles. The molecule has 1 aliphatic heterocycles. The number of allylic oxidation sites excluding steroid dienone is 4. The average Bonchev–Trinajstić information content (AvgIpc) is 3.64. The Morgan fingerprint density at radius 2 is 1.45 bits per heavy atom. The van der Waals surface area contributed by atoms with Crippen LogP contribution in [0.4, 0.5) is 0 Å². The molecule has 0 amide bonds. The standard InChI is InChI=1S/C41H47N5O3/c1-41(2,3)36-22-18-29(19-23-36)27-48-38(44-43-4)33-13-9-15-35(25-33)40-46-45-39(49-40)34-14-8-12-32(24-34)37(42)47-26-28-16-20-31(21-17-28)30-10-6-5-7-11-30/h6,8-25,37-40,44-46H,4-5,7,26-27,42H2,1-3H3. The quantitative estimate of drug-likeness (QED) is 0.0654. The van der Waals surface area contributed by atoms with E-state index in [0.717, 1.165) is 46.2 Å². The van der Waals surface area contributed by atoms with Gasteiger partial charge >= 0.3 is 0 Å². The fraction of sp³-hybridized carbons (Fsp3) is 0.293. The zero-order valence-corrected chi connectivity index (χ0v) is 28.6. The number of hydrogen-bond acceptors (Lipinski definition) is 8. The molecule has 0 radical (unpaired) electrons. The topological polar surface area (TPSA) is 102 Å². The SMILES string of the molecule is C=NNC(OCc1ccc(C(C)(C)C)cc1)c1cccc(C2NNC(c3cccc(C(N)OCc4ccc(C5=CCCC=C5)cc4)c3)O2)c1. The second-order valence-electron chi connectivity index (χ2n) is 13.5. The number of nitrogens with zero attached hydrogens (tertiary/aromatic N) is 1. The molecule has 49 heavy (non-hydrogen) atoms. The van der Waals surface area contributed by atoms with Crippen LogP contribution in [-0.2, 0) is 32.8 Å². The van der Waals surface area contributed by atoms with Crippen molar-refractivity contribution in [3.63, 3.8) is 0 Å². The van der Waals surface area contributed by atoms with Crippen LogP contribution >= 0.6 is 0 Å². The highest BCUT2D eigenvalue weighted by Crippen LogP contribution is 2.31. The molecule has 1 heterocycles. The van der Waals surface area contributed by atoms with E-state index in [1.54, 1.807) is 0 Å². The van der Waals surface area contributed by atoms with Crippen molar-refractivity contribution in [2.24, 2.45) is 10.8 Å². The van der Waals surface area contributed by atoms with Crippen LogP contribution in [-0.4, -0.2) is 6.72 Å². The van der Waals surface area contributed by atoms with E-state index in [4.69, 9.17) is 19.9 Å². The second-order valence-corrected chi connectivity index (χ2v) is 13.5. The Labute approximate surface area is 290 Å². The lowest BCUT2D eigenvalue weighted by molar-refractivity contribution is 0.0161. The maximum atomic E-state index is 6.48. The van der Waals surface area contributed by atoms with E-state index >= 15 is 0 Å². The third-order valence-electron chi connectivity index (χ3n) is 8.83. The summed E-state index contributed by atoms with van der Waals surface area (Å²) < 4.78 is 18.7. The van der Waals surface area contributed by atoms with E-state index in [2.05, 4.69) is 116 Å². The highest BCUT2D eigenvalue weighted by Gasteiger charge is 2.28. The first kappa shape index (κ1) is 34.5. The molecule has 1 fully saturated rings. The zero-order chi connectivity index (χ0) is 34.2. The Balaban J connectivity index is 1.05. The summed E-state index contributed by atoms with van der Waals surface area (Å²) in [5, 5.41) is 3.91. The molecule has 4 aromatic carbocycles. The molecule has 4 aromatic rings. The van der Waals surface area contributed by atoms with Crippen molar-refractivity contribution in [1.82, 2.24) is 16.3 Å². The van der Waals surface area contributed by atoms with Crippen LogP contribution in [0.3, 0.4) is 0 Å². The summed E-state index contributed by atoms with van der Waals surface area (Å²) in [6, 6.07) is 33.0. The van der Waals surface area contributed by atoms with Gasteiger partial charge < -0.3 is 19.9 Å². The number of rotatable bonds is 13. The lowest BCUT2D eigenvalue weighted by atomic mass is 9.87. The maximum Gasteiger partial charge on any atom is 0.169 e. The van der Waals surface area contributed by atoms with Gasteiger partial charge in [-0.25, -0.2) is 10.9 Å². The number of hydrazine groups is 1. The van der Waals surface area contributed by atoms with E-state index in [-0.39, 0.29) is 17.9 Å². The molecule has 8 heteroatoms. The van der Waals surface area contributed by atoms with Gasteiger partial charge in [0.05, 0.1) is 13.2 Å². The van der Waals surface area contributed by atoms with Gasteiger partial charge in [-0.05, 0) is 74.9 Å². The molecule has 0 aromatic heterocycles. The lowest BCUT2D eigenvalue weighted by Crippen LogP contribution is -2.27. The molecule has 0 spiro atoms. The second kappa shape index (κ2) is 15.9. The fourth-order valence-corrected chi connectivity index (χ4v) is 5.94. The van der Waals surface area contributed by atoms with Crippen molar-refractivity contribution in [3.8, 4) is 0 Å². The predicted molar refractivity (Wildman–Crippen MR) is 196 cm³/mol. The minimum Gasteiger partial charge on any atom is -0.355 e. The molecule has 6 rings (SSSR count). The summed E-state index contributed by atoms with van der Waals surface area (Å²) >= 11 is 0.